The van der Waals surface area contributed by atoms with E-state index >= 15 is 0 Å². The first kappa shape index (κ1) is 13.0. The van der Waals surface area contributed by atoms with Crippen LogP contribution >= 0.6 is 0 Å². The van der Waals surface area contributed by atoms with Crippen LogP contribution in [-0.2, 0) is 4.79 Å². The Morgan fingerprint density at radius 1 is 1.24 bits per heavy atom. The van der Waals surface area contributed by atoms with Crippen LogP contribution in [0.25, 0.3) is 0 Å². The summed E-state index contributed by atoms with van der Waals surface area (Å²) in [4.78, 5) is 22.3. The minimum absolute atomic E-state index is 0.445. The molecule has 1 unspecified atom stereocenters. The molecule has 0 aliphatic heterocycles. The van der Waals surface area contributed by atoms with Gasteiger partial charge < -0.3 is 16.4 Å². The molecule has 17 heavy (non-hydrogen) atoms. The fourth-order valence-electron chi connectivity index (χ4n) is 1.25. The van der Waals surface area contributed by atoms with Crippen LogP contribution in [0.15, 0.2) is 18.2 Å². The average molecular weight is 235 g/mol. The molecule has 0 heterocycles. The Morgan fingerprint density at radius 2 is 1.88 bits per heavy atom. The molecule has 92 valence electrons. The predicted molar refractivity (Wildman–Crippen MR) is 66.7 cm³/mol. The number of rotatable bonds is 3. The zero-order valence-electron chi connectivity index (χ0n) is 10.2. The number of carbonyl (C=O) groups is 2. The Balaban J connectivity index is 2.62. The van der Waals surface area contributed by atoms with E-state index < -0.39 is 18.0 Å². The summed E-state index contributed by atoms with van der Waals surface area (Å²) in [5.74, 6) is -0.569. The highest BCUT2D eigenvalue weighted by Crippen LogP contribution is 2.13. The zero-order valence-corrected chi connectivity index (χ0v) is 10.2. The molecule has 0 bridgehead atoms. The van der Waals surface area contributed by atoms with Crippen LogP contribution < -0.4 is 16.4 Å². The number of anilines is 1. The predicted octanol–water partition coefficient (Wildman–Crippen LogP) is 1.30. The molecule has 0 radical (unpaired) electrons. The lowest BCUT2D eigenvalue weighted by atomic mass is 10.1. The number of hydrogen-bond donors (Lipinski definition) is 3. The number of benzene rings is 1. The van der Waals surface area contributed by atoms with E-state index in [0.29, 0.717) is 5.69 Å². The Hall–Kier alpha value is -2.04. The molecule has 1 rings (SSSR count). The van der Waals surface area contributed by atoms with Crippen LogP contribution in [0.4, 0.5) is 10.5 Å². The van der Waals surface area contributed by atoms with E-state index in [2.05, 4.69) is 10.6 Å². The number of amides is 3. The van der Waals surface area contributed by atoms with Crippen molar-refractivity contribution in [1.29, 1.82) is 0 Å². The van der Waals surface area contributed by atoms with Gasteiger partial charge in [0, 0.05) is 5.69 Å². The van der Waals surface area contributed by atoms with Crippen molar-refractivity contribution in [2.75, 3.05) is 5.32 Å². The summed E-state index contributed by atoms with van der Waals surface area (Å²) in [6.07, 6.45) is 0. The number of aryl methyl sites for hydroxylation is 2. The van der Waals surface area contributed by atoms with Crippen molar-refractivity contribution in [3.63, 3.8) is 0 Å². The van der Waals surface area contributed by atoms with E-state index in [1.165, 1.54) is 6.92 Å². The Kier molecular flexibility index (Phi) is 4.09. The van der Waals surface area contributed by atoms with Gasteiger partial charge in [-0.1, -0.05) is 6.07 Å². The van der Waals surface area contributed by atoms with E-state index in [4.69, 9.17) is 5.73 Å². The molecule has 0 saturated heterocycles. The lowest BCUT2D eigenvalue weighted by molar-refractivity contribution is -0.119. The molecule has 0 aromatic heterocycles. The van der Waals surface area contributed by atoms with E-state index in [-0.39, 0.29) is 0 Å². The second kappa shape index (κ2) is 5.34. The first-order valence-electron chi connectivity index (χ1n) is 5.34. The maximum atomic E-state index is 11.5. The molecule has 0 aliphatic carbocycles. The molecule has 3 amide bonds. The largest absolute Gasteiger partial charge is 0.368 e. The highest BCUT2D eigenvalue weighted by molar-refractivity contribution is 5.93. The Morgan fingerprint density at radius 3 is 2.41 bits per heavy atom. The molecule has 1 aromatic rings. The molecule has 0 spiro atoms. The molecule has 0 fully saturated rings. The van der Waals surface area contributed by atoms with Crippen molar-refractivity contribution in [2.24, 2.45) is 5.73 Å². The minimum atomic E-state index is -0.693. The van der Waals surface area contributed by atoms with Crippen LogP contribution in [0.1, 0.15) is 18.1 Å². The molecular weight excluding hydrogens is 218 g/mol. The number of nitrogens with two attached hydrogens (primary N) is 1. The van der Waals surface area contributed by atoms with Crippen LogP contribution in [0.2, 0.25) is 0 Å². The van der Waals surface area contributed by atoms with Crippen molar-refractivity contribution in [3.05, 3.63) is 29.3 Å². The van der Waals surface area contributed by atoms with Gasteiger partial charge in [0.15, 0.2) is 0 Å². The summed E-state index contributed by atoms with van der Waals surface area (Å²) in [6, 6.07) is 4.45. The minimum Gasteiger partial charge on any atom is -0.368 e. The molecule has 5 heteroatoms. The second-order valence-electron chi connectivity index (χ2n) is 4.02. The summed E-state index contributed by atoms with van der Waals surface area (Å²) in [7, 11) is 0. The van der Waals surface area contributed by atoms with Crippen molar-refractivity contribution in [1.82, 2.24) is 5.32 Å². The van der Waals surface area contributed by atoms with Crippen LogP contribution in [0.5, 0.6) is 0 Å². The van der Waals surface area contributed by atoms with E-state index in [1.807, 2.05) is 26.0 Å². The van der Waals surface area contributed by atoms with Gasteiger partial charge in [-0.3, -0.25) is 4.79 Å². The van der Waals surface area contributed by atoms with Crippen LogP contribution in [-0.4, -0.2) is 18.0 Å². The van der Waals surface area contributed by atoms with Gasteiger partial charge in [0.05, 0.1) is 0 Å². The van der Waals surface area contributed by atoms with Crippen molar-refractivity contribution in [2.45, 2.75) is 26.8 Å². The second-order valence-corrected chi connectivity index (χ2v) is 4.02. The standard InChI is InChI=1S/C12H17N3O2/c1-7-4-5-10(6-8(7)2)15-12(17)14-9(3)11(13)16/h4-6,9H,1-3H3,(H2,13,16)(H2,14,15,17). The van der Waals surface area contributed by atoms with Crippen molar-refractivity contribution >= 4 is 17.6 Å². The maximum absolute atomic E-state index is 11.5. The molecule has 4 N–H and O–H groups in total. The fourth-order valence-corrected chi connectivity index (χ4v) is 1.25. The lowest BCUT2D eigenvalue weighted by Crippen LogP contribution is -2.44. The van der Waals surface area contributed by atoms with Gasteiger partial charge in [0.2, 0.25) is 5.91 Å². The average Bonchev–Trinajstić information content (AvgIpc) is 2.23. The van der Waals surface area contributed by atoms with E-state index in [1.54, 1.807) is 6.07 Å². The third-order valence-electron chi connectivity index (χ3n) is 2.54. The summed E-state index contributed by atoms with van der Waals surface area (Å²) in [6.45, 7) is 5.49. The zero-order chi connectivity index (χ0) is 13.0. The molecule has 1 aromatic carbocycles. The number of urea groups is 1. The molecule has 0 saturated carbocycles. The van der Waals surface area contributed by atoms with Gasteiger partial charge in [-0.05, 0) is 44.0 Å². The van der Waals surface area contributed by atoms with Crippen LogP contribution in [0.3, 0.4) is 0 Å². The summed E-state index contributed by atoms with van der Waals surface area (Å²) in [5.41, 5.74) is 7.97. The number of carbonyl (C=O) groups excluding carboxylic acids is 2. The normalized spacial score (nSPS) is 11.7. The third-order valence-corrected chi connectivity index (χ3v) is 2.54. The quantitative estimate of drug-likeness (QED) is 0.737. The molecule has 0 aliphatic rings. The van der Waals surface area contributed by atoms with Gasteiger partial charge in [-0.25, -0.2) is 4.79 Å². The summed E-state index contributed by atoms with van der Waals surface area (Å²) < 4.78 is 0. The van der Waals surface area contributed by atoms with Gasteiger partial charge in [0.1, 0.15) is 6.04 Å². The van der Waals surface area contributed by atoms with Gasteiger partial charge in [0.25, 0.3) is 0 Å². The SMILES string of the molecule is Cc1ccc(NC(=O)NC(C)C(N)=O)cc1C. The summed E-state index contributed by atoms with van der Waals surface area (Å²) in [5, 5.41) is 5.08. The number of nitrogens with one attached hydrogen (secondary N) is 2. The summed E-state index contributed by atoms with van der Waals surface area (Å²) >= 11 is 0. The highest BCUT2D eigenvalue weighted by Gasteiger charge is 2.11. The molecule has 1 atom stereocenters. The van der Waals surface area contributed by atoms with Gasteiger partial charge in [-0.15, -0.1) is 0 Å². The van der Waals surface area contributed by atoms with E-state index in [9.17, 15) is 9.59 Å². The third kappa shape index (κ3) is 3.79. The van der Waals surface area contributed by atoms with Gasteiger partial charge in [-0.2, -0.15) is 0 Å². The first-order chi connectivity index (χ1) is 7.90. The molecular formula is C12H17N3O2. The van der Waals surface area contributed by atoms with Crippen LogP contribution in [0, 0.1) is 13.8 Å². The lowest BCUT2D eigenvalue weighted by Gasteiger charge is -2.12. The highest BCUT2D eigenvalue weighted by atomic mass is 16.2. The van der Waals surface area contributed by atoms with E-state index in [0.717, 1.165) is 11.1 Å². The van der Waals surface area contributed by atoms with Crippen molar-refractivity contribution < 1.29 is 9.59 Å². The number of hydrogen-bond acceptors (Lipinski definition) is 2. The molecule has 5 nitrogen and oxygen atoms in total. The first-order valence-corrected chi connectivity index (χ1v) is 5.34. The smallest absolute Gasteiger partial charge is 0.319 e. The fraction of sp³-hybridized carbons (Fsp3) is 0.333. The Bertz CT molecular complexity index is 443. The number of primary amides is 1. The topological polar surface area (TPSA) is 84.2 Å². The van der Waals surface area contributed by atoms with Gasteiger partial charge >= 0.3 is 6.03 Å². The Labute approximate surface area is 100 Å². The maximum Gasteiger partial charge on any atom is 0.319 e. The van der Waals surface area contributed by atoms with Crippen molar-refractivity contribution in [3.8, 4) is 0 Å². The monoisotopic (exact) mass is 235 g/mol.